The van der Waals surface area contributed by atoms with Crippen LogP contribution in [0.15, 0.2) is 0 Å². The summed E-state index contributed by atoms with van der Waals surface area (Å²) in [6.07, 6.45) is 30.1. The third-order valence-corrected chi connectivity index (χ3v) is 9.79. The van der Waals surface area contributed by atoms with Crippen LogP contribution in [0.5, 0.6) is 0 Å². The molecule has 0 spiro atoms. The van der Waals surface area contributed by atoms with Crippen molar-refractivity contribution in [2.75, 3.05) is 19.8 Å². The van der Waals surface area contributed by atoms with Crippen molar-refractivity contribution < 1.29 is 77.0 Å². The summed E-state index contributed by atoms with van der Waals surface area (Å²) in [5.74, 6) is -2.63. The van der Waals surface area contributed by atoms with Gasteiger partial charge < -0.3 is 30.0 Å². The van der Waals surface area contributed by atoms with Gasteiger partial charge in [0.1, 0.15) is 6.61 Å². The van der Waals surface area contributed by atoms with E-state index in [1.165, 1.54) is 116 Å². The van der Waals surface area contributed by atoms with Gasteiger partial charge in [0.05, 0.1) is 25.2 Å². The normalized spacial score (nSPS) is 13.6. The Morgan fingerprint density at radius 1 is 0.569 bits per heavy atom. The number of hydrogen-bond acceptors (Lipinski definition) is 10. The van der Waals surface area contributed by atoms with Gasteiger partial charge >= 0.3 is 49.3 Å². The van der Waals surface area contributed by atoms with E-state index in [0.717, 1.165) is 38.5 Å². The van der Waals surface area contributed by atoms with Gasteiger partial charge in [-0.25, -0.2) is 4.57 Å². The number of carbonyl (C=O) groups is 3. The largest absolute Gasteiger partial charge is 1.00 e. The maximum absolute atomic E-state index is 12.6. The topological polar surface area (TPSA) is 175 Å². The second-order valence-electron chi connectivity index (χ2n) is 13.8. The van der Waals surface area contributed by atoms with Gasteiger partial charge in [-0.3, -0.25) is 18.6 Å². The van der Waals surface area contributed by atoms with Crippen molar-refractivity contribution in [1.82, 2.24) is 0 Å². The number of esters is 2. The maximum Gasteiger partial charge on any atom is 1.00 e. The molecule has 1 unspecified atom stereocenters. The van der Waals surface area contributed by atoms with Crippen LogP contribution in [-0.2, 0) is 37.5 Å². The van der Waals surface area contributed by atoms with Crippen LogP contribution < -0.4 is 40.4 Å². The first-order valence-electron chi connectivity index (χ1n) is 20.0. The molecule has 0 aromatic rings. The minimum absolute atomic E-state index is 0. The van der Waals surface area contributed by atoms with Gasteiger partial charge in [0, 0.05) is 12.8 Å². The Labute approximate surface area is 332 Å². The van der Waals surface area contributed by atoms with E-state index < -0.39 is 51.1 Å². The first-order valence-corrected chi connectivity index (χ1v) is 21.5. The van der Waals surface area contributed by atoms with Gasteiger partial charge in [0.15, 0.2) is 6.10 Å². The molecular formula is C38H73NNaO10P. The number of aliphatic carboxylic acids is 1. The summed E-state index contributed by atoms with van der Waals surface area (Å²) in [7, 11) is -4.73. The summed E-state index contributed by atoms with van der Waals surface area (Å²) in [5, 5.41) is 10.8. The monoisotopic (exact) mass is 757 g/mol. The van der Waals surface area contributed by atoms with Crippen molar-refractivity contribution in [1.29, 1.82) is 0 Å². The van der Waals surface area contributed by atoms with Crippen LogP contribution in [0.1, 0.15) is 194 Å². The Bertz CT molecular complexity index is 882. The number of phosphoric ester groups is 1. The number of ether oxygens (including phenoxy) is 2. The Morgan fingerprint density at radius 2 is 0.902 bits per heavy atom. The van der Waals surface area contributed by atoms with Gasteiger partial charge in [0.25, 0.3) is 0 Å². The second kappa shape index (κ2) is 37.8. The van der Waals surface area contributed by atoms with Crippen molar-refractivity contribution in [3.05, 3.63) is 0 Å². The van der Waals surface area contributed by atoms with Crippen LogP contribution in [0.3, 0.4) is 0 Å². The van der Waals surface area contributed by atoms with Gasteiger partial charge in [-0.15, -0.1) is 0 Å². The summed E-state index contributed by atoms with van der Waals surface area (Å²) in [6.45, 7) is 2.71. The Morgan fingerprint density at radius 3 is 1.27 bits per heavy atom. The maximum atomic E-state index is 12.6. The van der Waals surface area contributed by atoms with Crippen molar-refractivity contribution in [3.8, 4) is 0 Å². The second-order valence-corrected chi connectivity index (χ2v) is 15.2. The average Bonchev–Trinajstić information content (AvgIpc) is 3.09. The molecule has 13 heteroatoms. The molecule has 0 aliphatic rings. The van der Waals surface area contributed by atoms with E-state index in [0.29, 0.717) is 12.8 Å². The molecule has 3 atom stereocenters. The molecule has 0 saturated carbocycles. The minimum Gasteiger partial charge on any atom is -0.548 e. The number of carbonyl (C=O) groups excluding carboxylic acids is 3. The zero-order valence-electron chi connectivity index (χ0n) is 32.7. The molecule has 0 aliphatic carbocycles. The number of unbranched alkanes of at least 4 members (excludes halogenated alkanes) is 24. The van der Waals surface area contributed by atoms with E-state index in [9.17, 15) is 28.9 Å². The van der Waals surface area contributed by atoms with E-state index in [-0.39, 0.29) is 49.0 Å². The van der Waals surface area contributed by atoms with Crippen molar-refractivity contribution in [2.45, 2.75) is 206 Å². The van der Waals surface area contributed by atoms with Crippen molar-refractivity contribution in [2.24, 2.45) is 5.73 Å². The van der Waals surface area contributed by atoms with Crippen LogP contribution in [0.2, 0.25) is 0 Å². The van der Waals surface area contributed by atoms with E-state index in [2.05, 4.69) is 18.4 Å². The summed E-state index contributed by atoms with van der Waals surface area (Å²) < 4.78 is 32.5. The van der Waals surface area contributed by atoms with Gasteiger partial charge in [-0.2, -0.15) is 0 Å². The smallest absolute Gasteiger partial charge is 0.548 e. The van der Waals surface area contributed by atoms with Crippen molar-refractivity contribution >= 4 is 25.7 Å². The number of phosphoric acid groups is 1. The summed E-state index contributed by atoms with van der Waals surface area (Å²) in [5.41, 5.74) is 5.26. The number of carboxylic acid groups (broad SMARTS) is 1. The molecule has 0 rings (SSSR count). The molecule has 51 heavy (non-hydrogen) atoms. The molecule has 11 nitrogen and oxygen atoms in total. The molecular weight excluding hydrogens is 684 g/mol. The van der Waals surface area contributed by atoms with Gasteiger partial charge in [0.2, 0.25) is 0 Å². The van der Waals surface area contributed by atoms with E-state index in [1.54, 1.807) is 0 Å². The van der Waals surface area contributed by atoms with Gasteiger partial charge in [-0.1, -0.05) is 168 Å². The Hall–Kier alpha value is -0.520. The van der Waals surface area contributed by atoms with Gasteiger partial charge in [-0.05, 0) is 12.8 Å². The van der Waals surface area contributed by atoms with Crippen LogP contribution in [-0.4, -0.2) is 54.8 Å². The molecule has 0 fully saturated rings. The molecule has 0 aromatic carbocycles. The predicted octanol–water partition coefficient (Wildman–Crippen LogP) is 5.62. The fourth-order valence-corrected chi connectivity index (χ4v) is 6.43. The number of carboxylic acids is 1. The first kappa shape index (κ1) is 52.6. The number of hydrogen-bond donors (Lipinski definition) is 2. The molecule has 0 bridgehead atoms. The van der Waals surface area contributed by atoms with Crippen LogP contribution in [0, 0.1) is 0 Å². The van der Waals surface area contributed by atoms with Crippen molar-refractivity contribution in [3.63, 3.8) is 0 Å². The minimum atomic E-state index is -4.73. The average molecular weight is 758 g/mol. The molecule has 0 aliphatic heterocycles. The molecule has 296 valence electrons. The summed E-state index contributed by atoms with van der Waals surface area (Å²) in [6, 6.07) is -1.63. The summed E-state index contributed by atoms with van der Waals surface area (Å²) >= 11 is 0. The SMILES string of the molecule is CCCCCCCCCCCCCCCC(=O)OC[C@H](COP(=O)(O)OC[C@H](N)C(=O)[O-])OC(=O)CCCCCCCCCCCCCCC.[Na+]. The number of rotatable bonds is 38. The first-order chi connectivity index (χ1) is 24.1. The Balaban J connectivity index is 0. The van der Waals surface area contributed by atoms with E-state index >= 15 is 0 Å². The van der Waals surface area contributed by atoms with Crippen LogP contribution in [0.25, 0.3) is 0 Å². The zero-order valence-corrected chi connectivity index (χ0v) is 35.6. The van der Waals surface area contributed by atoms with Crippen LogP contribution in [0.4, 0.5) is 0 Å². The fraction of sp³-hybridized carbons (Fsp3) is 0.921. The van der Waals surface area contributed by atoms with E-state index in [1.807, 2.05) is 0 Å². The molecule has 0 saturated heterocycles. The Kier molecular flexibility index (Phi) is 39.0. The third-order valence-electron chi connectivity index (χ3n) is 8.84. The third kappa shape index (κ3) is 37.6. The molecule has 0 radical (unpaired) electrons. The zero-order chi connectivity index (χ0) is 37.1. The molecule has 0 aromatic heterocycles. The standard InChI is InChI=1S/C38H74NO10P.Na/c1-3-5-7-9-11-13-15-17-19-21-23-25-27-29-36(40)46-31-34(32-47-50(44,45)48-33-35(39)38(42)43)49-37(41)30-28-26-24-22-20-18-16-14-12-10-8-6-4-2;/h34-35H,3-33,39H2,1-2H3,(H,42,43)(H,44,45);/q;+1/p-1/t34-,35+;/m1./s1. The molecule has 3 N–H and O–H groups in total. The summed E-state index contributed by atoms with van der Waals surface area (Å²) in [4.78, 5) is 45.6. The van der Waals surface area contributed by atoms with E-state index in [4.69, 9.17) is 19.7 Å². The predicted molar refractivity (Wildman–Crippen MR) is 196 cm³/mol. The quantitative estimate of drug-likeness (QED) is 0.0346. The molecule has 0 heterocycles. The molecule has 0 amide bonds. The van der Waals surface area contributed by atoms with Crippen LogP contribution >= 0.6 is 7.82 Å². The number of nitrogens with two attached hydrogens (primary N) is 1. The fourth-order valence-electron chi connectivity index (χ4n) is 5.65.